The van der Waals surface area contributed by atoms with Crippen molar-refractivity contribution in [2.75, 3.05) is 0 Å². The molecule has 0 aliphatic carbocycles. The molecule has 0 aliphatic heterocycles. The smallest absolute Gasteiger partial charge is 0.125 e. The van der Waals surface area contributed by atoms with Crippen LogP contribution in [0.2, 0.25) is 5.02 Å². The molecule has 0 radical (unpaired) electrons. The first-order valence-corrected chi connectivity index (χ1v) is 7.00. The molecule has 4 heteroatoms. The van der Waals surface area contributed by atoms with Crippen molar-refractivity contribution < 1.29 is 9.84 Å². The second kappa shape index (κ2) is 6.12. The molecule has 0 aliphatic rings. The van der Waals surface area contributed by atoms with Gasteiger partial charge >= 0.3 is 0 Å². The van der Waals surface area contributed by atoms with Gasteiger partial charge in [0.15, 0.2) is 0 Å². The van der Waals surface area contributed by atoms with Crippen molar-refractivity contribution in [2.24, 2.45) is 0 Å². The van der Waals surface area contributed by atoms with Gasteiger partial charge in [0.25, 0.3) is 0 Å². The number of pyridine rings is 1. The average molecular weight is 300 g/mol. The first-order valence-electron chi connectivity index (χ1n) is 6.62. The molecule has 21 heavy (non-hydrogen) atoms. The SMILES string of the molecule is OCc1cc(Cl)ccc1OCc1ccnc2ccccc12. The number of fused-ring (bicyclic) bond motifs is 1. The van der Waals surface area contributed by atoms with E-state index in [-0.39, 0.29) is 6.61 Å². The van der Waals surface area contributed by atoms with Crippen molar-refractivity contribution in [3.05, 3.63) is 70.9 Å². The van der Waals surface area contributed by atoms with Gasteiger partial charge in [0.2, 0.25) is 0 Å². The zero-order valence-corrected chi connectivity index (χ0v) is 12.0. The molecule has 0 saturated carbocycles. The third-order valence-corrected chi connectivity index (χ3v) is 3.55. The molecular weight excluding hydrogens is 286 g/mol. The van der Waals surface area contributed by atoms with Crippen molar-refractivity contribution in [2.45, 2.75) is 13.2 Å². The number of rotatable bonds is 4. The number of nitrogens with zero attached hydrogens (tertiary/aromatic N) is 1. The lowest BCUT2D eigenvalue weighted by atomic mass is 10.1. The number of hydrogen-bond acceptors (Lipinski definition) is 3. The van der Waals surface area contributed by atoms with E-state index in [9.17, 15) is 5.11 Å². The molecule has 2 aromatic carbocycles. The van der Waals surface area contributed by atoms with E-state index < -0.39 is 0 Å². The highest BCUT2D eigenvalue weighted by Gasteiger charge is 2.06. The summed E-state index contributed by atoms with van der Waals surface area (Å²) in [6, 6.07) is 15.1. The lowest BCUT2D eigenvalue weighted by molar-refractivity contribution is 0.259. The van der Waals surface area contributed by atoms with E-state index in [4.69, 9.17) is 16.3 Å². The molecular formula is C17H14ClNO2. The van der Waals surface area contributed by atoms with Crippen LogP contribution in [0.5, 0.6) is 5.75 Å². The molecule has 0 spiro atoms. The van der Waals surface area contributed by atoms with Crippen molar-refractivity contribution >= 4 is 22.5 Å². The van der Waals surface area contributed by atoms with Gasteiger partial charge in [-0.3, -0.25) is 4.98 Å². The third-order valence-electron chi connectivity index (χ3n) is 3.32. The van der Waals surface area contributed by atoms with Crippen LogP contribution in [0.15, 0.2) is 54.7 Å². The molecule has 3 aromatic rings. The Morgan fingerprint density at radius 1 is 1.05 bits per heavy atom. The second-order valence-electron chi connectivity index (χ2n) is 4.69. The zero-order valence-electron chi connectivity index (χ0n) is 11.3. The molecule has 3 rings (SSSR count). The summed E-state index contributed by atoms with van der Waals surface area (Å²) in [6.07, 6.45) is 1.77. The quantitative estimate of drug-likeness (QED) is 0.793. The fourth-order valence-corrected chi connectivity index (χ4v) is 2.44. The first kappa shape index (κ1) is 13.9. The van der Waals surface area contributed by atoms with Gasteiger partial charge < -0.3 is 9.84 Å². The molecule has 1 aromatic heterocycles. The van der Waals surface area contributed by atoms with Crippen molar-refractivity contribution in [1.82, 2.24) is 4.98 Å². The van der Waals surface area contributed by atoms with Crippen LogP contribution in [-0.4, -0.2) is 10.1 Å². The highest BCUT2D eigenvalue weighted by molar-refractivity contribution is 6.30. The summed E-state index contributed by atoms with van der Waals surface area (Å²) in [7, 11) is 0. The number of hydrogen-bond donors (Lipinski definition) is 1. The summed E-state index contributed by atoms with van der Waals surface area (Å²) in [5.74, 6) is 0.641. The maximum atomic E-state index is 9.36. The van der Waals surface area contributed by atoms with Crippen LogP contribution in [0.25, 0.3) is 10.9 Å². The third kappa shape index (κ3) is 2.99. The lowest BCUT2D eigenvalue weighted by Crippen LogP contribution is -2.00. The zero-order chi connectivity index (χ0) is 14.7. The van der Waals surface area contributed by atoms with Crippen LogP contribution < -0.4 is 4.74 Å². The lowest BCUT2D eigenvalue weighted by Gasteiger charge is -2.12. The highest BCUT2D eigenvalue weighted by Crippen LogP contribution is 2.25. The number of aliphatic hydroxyl groups excluding tert-OH is 1. The number of aromatic nitrogens is 1. The molecule has 106 valence electrons. The Labute approximate surface area is 127 Å². The van der Waals surface area contributed by atoms with Crippen LogP contribution in [-0.2, 0) is 13.2 Å². The fourth-order valence-electron chi connectivity index (χ4n) is 2.25. The number of ether oxygens (including phenoxy) is 1. The Morgan fingerprint density at radius 2 is 1.90 bits per heavy atom. The second-order valence-corrected chi connectivity index (χ2v) is 5.12. The van der Waals surface area contributed by atoms with Gasteiger partial charge in [-0.25, -0.2) is 0 Å². The van der Waals surface area contributed by atoms with Gasteiger partial charge in [-0.1, -0.05) is 29.8 Å². The minimum absolute atomic E-state index is 0.104. The summed E-state index contributed by atoms with van der Waals surface area (Å²) in [5.41, 5.74) is 2.68. The van der Waals surface area contributed by atoms with E-state index in [1.165, 1.54) is 0 Å². The highest BCUT2D eigenvalue weighted by atomic mass is 35.5. The molecule has 0 bridgehead atoms. The van der Waals surface area contributed by atoms with Gasteiger partial charge in [-0.15, -0.1) is 0 Å². The van der Waals surface area contributed by atoms with Crippen LogP contribution in [0.3, 0.4) is 0 Å². The summed E-state index contributed by atoms with van der Waals surface area (Å²) >= 11 is 5.92. The van der Waals surface area contributed by atoms with Crippen molar-refractivity contribution in [1.29, 1.82) is 0 Å². The Bertz CT molecular complexity index is 768. The molecule has 0 saturated heterocycles. The number of halogens is 1. The van der Waals surface area contributed by atoms with Crippen LogP contribution in [0.4, 0.5) is 0 Å². The first-order chi connectivity index (χ1) is 10.3. The van der Waals surface area contributed by atoms with Crippen LogP contribution in [0.1, 0.15) is 11.1 Å². The normalized spacial score (nSPS) is 10.8. The summed E-state index contributed by atoms with van der Waals surface area (Å²) < 4.78 is 5.83. The molecule has 0 atom stereocenters. The topological polar surface area (TPSA) is 42.4 Å². The van der Waals surface area contributed by atoms with Crippen molar-refractivity contribution in [3.8, 4) is 5.75 Å². The summed E-state index contributed by atoms with van der Waals surface area (Å²) in [4.78, 5) is 4.33. The summed E-state index contributed by atoms with van der Waals surface area (Å²) in [5, 5.41) is 11.0. The van der Waals surface area contributed by atoms with Gasteiger partial charge in [-0.2, -0.15) is 0 Å². The van der Waals surface area contributed by atoms with Gasteiger partial charge in [0, 0.05) is 27.7 Å². The number of para-hydroxylation sites is 1. The van der Waals surface area contributed by atoms with E-state index in [2.05, 4.69) is 4.98 Å². The van der Waals surface area contributed by atoms with Crippen molar-refractivity contribution in [3.63, 3.8) is 0 Å². The number of aliphatic hydroxyl groups is 1. The van der Waals surface area contributed by atoms with Crippen LogP contribution >= 0.6 is 11.6 Å². The monoisotopic (exact) mass is 299 g/mol. The minimum Gasteiger partial charge on any atom is -0.489 e. The minimum atomic E-state index is -0.104. The predicted molar refractivity (Wildman–Crippen MR) is 83.4 cm³/mol. The maximum absolute atomic E-state index is 9.36. The maximum Gasteiger partial charge on any atom is 0.125 e. The molecule has 1 heterocycles. The van der Waals surface area contributed by atoms with E-state index in [0.717, 1.165) is 16.5 Å². The average Bonchev–Trinajstić information content (AvgIpc) is 2.53. The molecule has 0 fully saturated rings. The van der Waals surface area contributed by atoms with Gasteiger partial charge in [0.1, 0.15) is 12.4 Å². The van der Waals surface area contributed by atoms with E-state index in [0.29, 0.717) is 22.9 Å². The molecule has 1 N–H and O–H groups in total. The standard InChI is InChI=1S/C17H14ClNO2/c18-14-5-6-17(13(9-14)10-20)21-11-12-7-8-19-16-4-2-1-3-15(12)16/h1-9,20H,10-11H2. The van der Waals surface area contributed by atoms with E-state index >= 15 is 0 Å². The van der Waals surface area contributed by atoms with E-state index in [1.54, 1.807) is 24.4 Å². The Kier molecular flexibility index (Phi) is 4.04. The Morgan fingerprint density at radius 3 is 2.76 bits per heavy atom. The van der Waals surface area contributed by atoms with Crippen LogP contribution in [0, 0.1) is 0 Å². The Hall–Kier alpha value is -2.10. The fraction of sp³-hybridized carbons (Fsp3) is 0.118. The number of benzene rings is 2. The predicted octanol–water partition coefficient (Wildman–Crippen LogP) is 3.96. The molecule has 3 nitrogen and oxygen atoms in total. The largest absolute Gasteiger partial charge is 0.489 e. The summed E-state index contributed by atoms with van der Waals surface area (Å²) in [6.45, 7) is 0.310. The van der Waals surface area contributed by atoms with E-state index in [1.807, 2.05) is 30.3 Å². The van der Waals surface area contributed by atoms with Gasteiger partial charge in [-0.05, 0) is 30.3 Å². The Balaban J connectivity index is 1.87. The molecule has 0 unspecified atom stereocenters. The van der Waals surface area contributed by atoms with Gasteiger partial charge in [0.05, 0.1) is 12.1 Å². The molecule has 0 amide bonds.